The third-order valence-corrected chi connectivity index (χ3v) is 6.10. The number of hydrogen-bond donors (Lipinski definition) is 5. The maximum absolute atomic E-state index is 13.1. The van der Waals surface area contributed by atoms with Crippen molar-refractivity contribution < 1.29 is 18.2 Å². The molecule has 8 N–H and O–H groups in total. The summed E-state index contributed by atoms with van der Waals surface area (Å²) in [6.45, 7) is 16.1. The molecule has 0 aliphatic rings. The van der Waals surface area contributed by atoms with Crippen LogP contribution in [0, 0.1) is 0 Å². The van der Waals surface area contributed by atoms with E-state index in [9.17, 15) is 13.5 Å². The van der Waals surface area contributed by atoms with Crippen LogP contribution in [0.15, 0.2) is 36.9 Å². The molecule has 0 bridgehead atoms. The Kier molecular flexibility index (Phi) is 17.8. The van der Waals surface area contributed by atoms with Gasteiger partial charge in [-0.3, -0.25) is 9.59 Å². The molecule has 36 heavy (non-hydrogen) atoms. The van der Waals surface area contributed by atoms with Crippen molar-refractivity contribution in [2.75, 3.05) is 25.9 Å². The van der Waals surface area contributed by atoms with Crippen LogP contribution >= 0.6 is 12.1 Å². The number of likely N-dealkylation sites (N-methyl/N-ethyl adjacent to an activating group) is 1. The van der Waals surface area contributed by atoms with Crippen molar-refractivity contribution in [1.29, 1.82) is 0 Å². The smallest absolute Gasteiger partial charge is 0.263 e. The molecule has 0 heterocycles. The van der Waals surface area contributed by atoms with Gasteiger partial charge >= 0.3 is 0 Å². The van der Waals surface area contributed by atoms with Crippen molar-refractivity contribution in [3.63, 3.8) is 0 Å². The molecule has 0 spiro atoms. The van der Waals surface area contributed by atoms with Gasteiger partial charge in [0, 0.05) is 42.9 Å². The Hall–Kier alpha value is -2.24. The second kappa shape index (κ2) is 18.9. The second-order valence-electron chi connectivity index (χ2n) is 8.99. The van der Waals surface area contributed by atoms with Gasteiger partial charge in [0.15, 0.2) is 6.10 Å². The first-order valence-electron chi connectivity index (χ1n) is 12.4. The summed E-state index contributed by atoms with van der Waals surface area (Å²) < 4.78 is 18.0. The van der Waals surface area contributed by atoms with Gasteiger partial charge in [0.25, 0.3) is 5.91 Å². The fourth-order valence-electron chi connectivity index (χ4n) is 3.52. The SMILES string of the molecule is C=C(CCSF)NCCCCC(C(=C)N)N(C)C(=O)C(C)OC(=C)C(CCCCN)NC(=O)C(C)N. The Balaban J connectivity index is 4.92. The molecule has 0 aliphatic carbocycles. The summed E-state index contributed by atoms with van der Waals surface area (Å²) in [5.74, 6) is 0.0681. The highest BCUT2D eigenvalue weighted by Crippen LogP contribution is 2.17. The number of nitrogens with two attached hydrogens (primary N) is 3. The molecular formula is C25H47FN6O3S. The maximum Gasteiger partial charge on any atom is 0.263 e. The second-order valence-corrected chi connectivity index (χ2v) is 9.62. The lowest BCUT2D eigenvalue weighted by atomic mass is 10.0. The topological polar surface area (TPSA) is 149 Å². The highest BCUT2D eigenvalue weighted by molar-refractivity contribution is 7.94. The number of unbranched alkanes of at least 4 members (excludes halogenated alkanes) is 2. The molecule has 11 heteroatoms. The van der Waals surface area contributed by atoms with E-state index in [2.05, 4.69) is 30.4 Å². The van der Waals surface area contributed by atoms with Crippen LogP contribution in [0.25, 0.3) is 0 Å². The van der Waals surface area contributed by atoms with Gasteiger partial charge in [-0.2, -0.15) is 3.89 Å². The highest BCUT2D eigenvalue weighted by atomic mass is 32.2. The van der Waals surface area contributed by atoms with Gasteiger partial charge in [0.05, 0.1) is 18.1 Å². The predicted molar refractivity (Wildman–Crippen MR) is 147 cm³/mol. The molecule has 0 rings (SSSR count). The molecular weight excluding hydrogens is 483 g/mol. The average Bonchev–Trinajstić information content (AvgIpc) is 2.82. The molecule has 0 radical (unpaired) electrons. The molecule has 0 aromatic rings. The van der Waals surface area contributed by atoms with Gasteiger partial charge in [-0.15, -0.1) is 0 Å². The zero-order valence-corrected chi connectivity index (χ0v) is 23.0. The first-order valence-corrected chi connectivity index (χ1v) is 13.3. The maximum atomic E-state index is 13.1. The zero-order valence-electron chi connectivity index (χ0n) is 22.2. The molecule has 4 unspecified atom stereocenters. The molecule has 0 fully saturated rings. The normalized spacial score (nSPS) is 14.2. The van der Waals surface area contributed by atoms with E-state index in [0.717, 1.165) is 31.4 Å². The molecule has 4 atom stereocenters. The summed E-state index contributed by atoms with van der Waals surface area (Å²) in [6.07, 6.45) is 4.11. The van der Waals surface area contributed by atoms with Crippen LogP contribution in [-0.2, 0) is 14.3 Å². The lowest BCUT2D eigenvalue weighted by Crippen LogP contribution is -2.47. The third-order valence-electron chi connectivity index (χ3n) is 5.75. The molecule has 2 amide bonds. The van der Waals surface area contributed by atoms with Gasteiger partial charge in [-0.1, -0.05) is 19.7 Å². The van der Waals surface area contributed by atoms with Crippen LogP contribution in [-0.4, -0.2) is 66.8 Å². The minimum atomic E-state index is -0.841. The van der Waals surface area contributed by atoms with Crippen LogP contribution in [0.5, 0.6) is 0 Å². The minimum Gasteiger partial charge on any atom is -0.484 e. The van der Waals surface area contributed by atoms with Gasteiger partial charge in [0.1, 0.15) is 5.76 Å². The fraction of sp³-hybridized carbons (Fsp3) is 0.680. The summed E-state index contributed by atoms with van der Waals surface area (Å²) >= 11 is 0.296. The summed E-state index contributed by atoms with van der Waals surface area (Å²) in [6, 6.07) is -1.53. The number of rotatable bonds is 21. The molecule has 0 aromatic heterocycles. The predicted octanol–water partition coefficient (Wildman–Crippen LogP) is 2.45. The van der Waals surface area contributed by atoms with Crippen LogP contribution in [0.2, 0.25) is 0 Å². The summed E-state index contributed by atoms with van der Waals surface area (Å²) in [5, 5.41) is 6.01. The first-order chi connectivity index (χ1) is 17.0. The Morgan fingerprint density at radius 1 is 1.11 bits per heavy atom. The number of halogens is 1. The fourth-order valence-corrected chi connectivity index (χ4v) is 3.84. The van der Waals surface area contributed by atoms with Crippen LogP contribution in [0.3, 0.4) is 0 Å². The average molecular weight is 531 g/mol. The van der Waals surface area contributed by atoms with Gasteiger partial charge < -0.3 is 37.5 Å². The number of ether oxygens (including phenoxy) is 1. The molecule has 9 nitrogen and oxygen atoms in total. The number of nitrogens with zero attached hydrogens (tertiary/aromatic N) is 1. The number of carbonyl (C=O) groups is 2. The zero-order chi connectivity index (χ0) is 27.7. The quantitative estimate of drug-likeness (QED) is 0.112. The number of allylic oxidation sites excluding steroid dienone is 1. The van der Waals surface area contributed by atoms with Crippen LogP contribution < -0.4 is 27.8 Å². The molecule has 0 aromatic carbocycles. The van der Waals surface area contributed by atoms with E-state index >= 15 is 0 Å². The Labute approximate surface area is 220 Å². The van der Waals surface area contributed by atoms with Crippen molar-refractivity contribution in [2.45, 2.75) is 83.0 Å². The van der Waals surface area contributed by atoms with Crippen molar-refractivity contribution in [2.24, 2.45) is 17.2 Å². The van der Waals surface area contributed by atoms with Crippen LogP contribution in [0.4, 0.5) is 3.89 Å². The lowest BCUT2D eigenvalue weighted by molar-refractivity contribution is -0.141. The van der Waals surface area contributed by atoms with E-state index in [0.29, 0.717) is 55.9 Å². The number of carbonyl (C=O) groups excluding carboxylic acids is 2. The summed E-state index contributed by atoms with van der Waals surface area (Å²) in [5.41, 5.74) is 18.5. The van der Waals surface area contributed by atoms with Crippen molar-refractivity contribution in [3.8, 4) is 0 Å². The molecule has 0 saturated carbocycles. The monoisotopic (exact) mass is 530 g/mol. The standard InChI is InChI=1S/C25H47FN6O3S/c1-17(13-16-36-26)30-15-10-8-12-23(18(2)28)32(6)25(34)21(5)35-20(4)22(11-7-9-14-27)31-24(33)19(3)29/h19,21-23,30H,1-2,4,7-16,27-29H2,3,5-6H3,(H,31,33). The summed E-state index contributed by atoms with van der Waals surface area (Å²) in [4.78, 5) is 26.8. The van der Waals surface area contributed by atoms with E-state index in [1.54, 1.807) is 20.9 Å². The highest BCUT2D eigenvalue weighted by Gasteiger charge is 2.28. The minimum absolute atomic E-state index is 0.276. The van der Waals surface area contributed by atoms with Crippen molar-refractivity contribution in [3.05, 3.63) is 36.9 Å². The molecule has 0 aliphatic heterocycles. The van der Waals surface area contributed by atoms with E-state index in [-0.39, 0.29) is 23.6 Å². The lowest BCUT2D eigenvalue weighted by Gasteiger charge is -2.32. The third kappa shape index (κ3) is 13.7. The van der Waals surface area contributed by atoms with E-state index in [1.807, 2.05) is 0 Å². The Morgan fingerprint density at radius 2 is 1.75 bits per heavy atom. The van der Waals surface area contributed by atoms with Crippen LogP contribution in [0.1, 0.15) is 58.8 Å². The largest absolute Gasteiger partial charge is 0.484 e. The Bertz CT molecular complexity index is 722. The van der Waals surface area contributed by atoms with Crippen molar-refractivity contribution >= 4 is 24.0 Å². The number of hydrogen-bond acceptors (Lipinski definition) is 8. The molecule has 208 valence electrons. The first kappa shape index (κ1) is 33.8. The van der Waals surface area contributed by atoms with Crippen molar-refractivity contribution in [1.82, 2.24) is 15.5 Å². The number of amides is 2. The van der Waals surface area contributed by atoms with E-state index in [1.165, 1.54) is 4.90 Å². The van der Waals surface area contributed by atoms with Gasteiger partial charge in [-0.05, 0) is 65.3 Å². The summed E-state index contributed by atoms with van der Waals surface area (Å²) in [7, 11) is 1.67. The van der Waals surface area contributed by atoms with Gasteiger partial charge in [-0.25, -0.2) is 0 Å². The number of nitrogens with one attached hydrogen (secondary N) is 2. The Morgan fingerprint density at radius 3 is 2.31 bits per heavy atom. The van der Waals surface area contributed by atoms with E-state index < -0.39 is 18.2 Å². The van der Waals surface area contributed by atoms with Gasteiger partial charge in [0.2, 0.25) is 5.91 Å². The van der Waals surface area contributed by atoms with E-state index in [4.69, 9.17) is 21.9 Å². The molecule has 0 saturated heterocycles.